The largest absolute Gasteiger partial charge is 0.472 e. The maximum Gasteiger partial charge on any atom is 0.472 e. The van der Waals surface area contributed by atoms with Gasteiger partial charge in [-0.25, -0.2) is 9.13 Å². The highest BCUT2D eigenvalue weighted by atomic mass is 31.2. The van der Waals surface area contributed by atoms with Crippen LogP contribution in [0.25, 0.3) is 0 Å². The maximum atomic E-state index is 13.0. The quantitative estimate of drug-likeness (QED) is 0.0222. The number of phosphoric ester groups is 2. The number of carbonyl (C=O) groups excluding carboxylic acids is 4. The molecule has 0 amide bonds. The van der Waals surface area contributed by atoms with Crippen LogP contribution in [0.15, 0.2) is 0 Å². The van der Waals surface area contributed by atoms with E-state index in [1.54, 1.807) is 0 Å². The van der Waals surface area contributed by atoms with E-state index in [0.717, 1.165) is 115 Å². The van der Waals surface area contributed by atoms with Crippen LogP contribution in [0.4, 0.5) is 0 Å². The molecule has 0 radical (unpaired) electrons. The minimum Gasteiger partial charge on any atom is -0.462 e. The molecule has 0 bridgehead atoms. The summed E-state index contributed by atoms with van der Waals surface area (Å²) in [5.41, 5.74) is 0. The molecule has 91 heavy (non-hydrogen) atoms. The van der Waals surface area contributed by atoms with Crippen LogP contribution in [0.3, 0.4) is 0 Å². The second-order valence-electron chi connectivity index (χ2n) is 27.4. The van der Waals surface area contributed by atoms with E-state index in [1.807, 2.05) is 0 Å². The van der Waals surface area contributed by atoms with Crippen LogP contribution in [0.2, 0.25) is 0 Å². The van der Waals surface area contributed by atoms with Crippen molar-refractivity contribution in [2.75, 3.05) is 39.6 Å². The van der Waals surface area contributed by atoms with Gasteiger partial charge in [0.05, 0.1) is 26.4 Å². The Morgan fingerprint density at radius 3 is 0.747 bits per heavy atom. The van der Waals surface area contributed by atoms with E-state index in [0.29, 0.717) is 31.6 Å². The van der Waals surface area contributed by atoms with Gasteiger partial charge in [-0.1, -0.05) is 312 Å². The van der Waals surface area contributed by atoms with Crippen LogP contribution in [0.5, 0.6) is 0 Å². The average Bonchev–Trinajstić information content (AvgIpc) is 3.61. The molecule has 0 spiro atoms. The maximum absolute atomic E-state index is 13.0. The molecule has 5 atom stereocenters. The first-order valence-electron chi connectivity index (χ1n) is 37.3. The molecule has 0 saturated carbocycles. The van der Waals surface area contributed by atoms with Gasteiger partial charge >= 0.3 is 39.5 Å². The standard InChI is InChI=1S/C72H140O17P2/c1-8-9-10-11-29-39-46-53-69(74)82-59-67(89-72(77)56-49-42-35-28-32-38-45-52-65(6)7)61-86-90(78,79)84-57-66(73)58-85-91(80,81)87-62-68(60-83-70(75)54-47-40-33-26-23-22-25-31-37-44-51-64(4)5)88-71(76)55-48-41-34-27-21-19-17-15-13-12-14-16-18-20-24-30-36-43-50-63(2)3/h63-68,73H,8-62H2,1-7H3,(H,78,79)(H,80,81)/t66-,67+,68+/m0/s1. The van der Waals surface area contributed by atoms with Crippen molar-refractivity contribution in [1.82, 2.24) is 0 Å². The third kappa shape index (κ3) is 66.5. The van der Waals surface area contributed by atoms with Gasteiger partial charge in [0.2, 0.25) is 0 Å². The summed E-state index contributed by atoms with van der Waals surface area (Å²) in [4.78, 5) is 72.4. The summed E-state index contributed by atoms with van der Waals surface area (Å²) >= 11 is 0. The van der Waals surface area contributed by atoms with Crippen molar-refractivity contribution in [3.8, 4) is 0 Å². The van der Waals surface area contributed by atoms with Crippen molar-refractivity contribution in [3.63, 3.8) is 0 Å². The number of phosphoric acid groups is 2. The lowest BCUT2D eigenvalue weighted by Crippen LogP contribution is -2.30. The van der Waals surface area contributed by atoms with Crippen LogP contribution < -0.4 is 0 Å². The molecule has 0 saturated heterocycles. The Hall–Kier alpha value is -1.94. The summed E-state index contributed by atoms with van der Waals surface area (Å²) in [7, 11) is -9.90. The second kappa shape index (κ2) is 62.8. The number of esters is 4. The van der Waals surface area contributed by atoms with Crippen molar-refractivity contribution >= 4 is 39.5 Å². The highest BCUT2D eigenvalue weighted by molar-refractivity contribution is 7.47. The van der Waals surface area contributed by atoms with E-state index in [1.165, 1.54) is 161 Å². The van der Waals surface area contributed by atoms with E-state index in [9.17, 15) is 43.2 Å². The molecule has 0 aliphatic rings. The molecule has 0 aromatic rings. The molecular formula is C72H140O17P2. The Morgan fingerprint density at radius 1 is 0.297 bits per heavy atom. The minimum absolute atomic E-state index is 0.103. The fourth-order valence-electron chi connectivity index (χ4n) is 10.9. The predicted octanol–water partition coefficient (Wildman–Crippen LogP) is 20.6. The third-order valence-corrected chi connectivity index (χ3v) is 18.5. The molecule has 0 fully saturated rings. The fraction of sp³-hybridized carbons (Fsp3) is 0.944. The van der Waals surface area contributed by atoms with Crippen molar-refractivity contribution in [1.29, 1.82) is 0 Å². The number of aliphatic hydroxyl groups excluding tert-OH is 1. The van der Waals surface area contributed by atoms with Crippen LogP contribution in [-0.2, 0) is 65.4 Å². The molecule has 3 N–H and O–H groups in total. The fourth-order valence-corrected chi connectivity index (χ4v) is 12.5. The van der Waals surface area contributed by atoms with Crippen molar-refractivity contribution < 1.29 is 80.2 Å². The number of rotatable bonds is 70. The average molecular weight is 1340 g/mol. The highest BCUT2D eigenvalue weighted by Crippen LogP contribution is 2.45. The van der Waals surface area contributed by atoms with Gasteiger partial charge in [0, 0.05) is 25.7 Å². The van der Waals surface area contributed by atoms with Gasteiger partial charge in [-0.05, 0) is 43.4 Å². The zero-order valence-electron chi connectivity index (χ0n) is 59.3. The number of hydrogen-bond acceptors (Lipinski definition) is 15. The minimum atomic E-state index is -4.95. The predicted molar refractivity (Wildman–Crippen MR) is 368 cm³/mol. The van der Waals surface area contributed by atoms with Crippen LogP contribution in [-0.4, -0.2) is 96.7 Å². The first kappa shape index (κ1) is 89.1. The molecule has 0 rings (SSSR count). The van der Waals surface area contributed by atoms with Crippen molar-refractivity contribution in [2.24, 2.45) is 17.8 Å². The molecule has 17 nitrogen and oxygen atoms in total. The summed E-state index contributed by atoms with van der Waals surface area (Å²) in [6.07, 6.45) is 47.6. The van der Waals surface area contributed by atoms with Gasteiger partial charge in [-0.3, -0.25) is 37.3 Å². The van der Waals surface area contributed by atoms with E-state index in [2.05, 4.69) is 48.5 Å². The summed E-state index contributed by atoms with van der Waals surface area (Å²) in [5.74, 6) is 0.144. The zero-order chi connectivity index (χ0) is 67.3. The lowest BCUT2D eigenvalue weighted by molar-refractivity contribution is -0.161. The molecule has 540 valence electrons. The molecular weight excluding hydrogens is 1200 g/mol. The molecule has 2 unspecified atom stereocenters. The number of hydrogen-bond donors (Lipinski definition) is 3. The van der Waals surface area contributed by atoms with E-state index < -0.39 is 97.5 Å². The number of aliphatic hydroxyl groups is 1. The van der Waals surface area contributed by atoms with Gasteiger partial charge in [0.15, 0.2) is 12.2 Å². The molecule has 0 aromatic carbocycles. The van der Waals surface area contributed by atoms with Crippen molar-refractivity contribution in [2.45, 2.75) is 381 Å². The Morgan fingerprint density at radius 2 is 0.505 bits per heavy atom. The smallest absolute Gasteiger partial charge is 0.462 e. The van der Waals surface area contributed by atoms with E-state index >= 15 is 0 Å². The van der Waals surface area contributed by atoms with E-state index in [-0.39, 0.29) is 25.7 Å². The SMILES string of the molecule is CCCCCCCCCC(=O)OC[C@H](COP(=O)(O)OC[C@H](O)COP(=O)(O)OC[C@@H](COC(=O)CCCCCCCCCCCCC(C)C)OC(=O)CCCCCCCCCCCCCCCCCCCCC(C)C)OC(=O)CCCCCCCCCC(C)C. The summed E-state index contributed by atoms with van der Waals surface area (Å²) in [6, 6.07) is 0. The first-order chi connectivity index (χ1) is 43.7. The van der Waals surface area contributed by atoms with Gasteiger partial charge in [0.1, 0.15) is 19.3 Å². The second-order valence-corrected chi connectivity index (χ2v) is 30.3. The van der Waals surface area contributed by atoms with Crippen LogP contribution in [0.1, 0.15) is 363 Å². The Kier molecular flexibility index (Phi) is 61.5. The monoisotopic (exact) mass is 1340 g/mol. The molecule has 0 aliphatic heterocycles. The zero-order valence-corrected chi connectivity index (χ0v) is 61.1. The Labute approximate surface area is 556 Å². The number of unbranched alkanes of at least 4 members (excludes halogenated alkanes) is 38. The number of carbonyl (C=O) groups is 4. The van der Waals surface area contributed by atoms with Gasteiger partial charge < -0.3 is 33.8 Å². The van der Waals surface area contributed by atoms with Gasteiger partial charge in [-0.15, -0.1) is 0 Å². The lowest BCUT2D eigenvalue weighted by Gasteiger charge is -2.21. The third-order valence-electron chi connectivity index (χ3n) is 16.6. The topological polar surface area (TPSA) is 237 Å². The van der Waals surface area contributed by atoms with Crippen LogP contribution in [0, 0.1) is 17.8 Å². The normalized spacial score (nSPS) is 14.2. The van der Waals surface area contributed by atoms with Crippen molar-refractivity contribution in [3.05, 3.63) is 0 Å². The van der Waals surface area contributed by atoms with Gasteiger partial charge in [-0.2, -0.15) is 0 Å². The summed E-state index contributed by atoms with van der Waals surface area (Å²) in [6.45, 7) is 11.8. The molecule has 19 heteroatoms. The van der Waals surface area contributed by atoms with E-state index in [4.69, 9.17) is 37.0 Å². The lowest BCUT2D eigenvalue weighted by atomic mass is 10.0. The number of ether oxygens (including phenoxy) is 4. The summed E-state index contributed by atoms with van der Waals surface area (Å²) < 4.78 is 68.2. The highest BCUT2D eigenvalue weighted by Gasteiger charge is 2.30. The first-order valence-corrected chi connectivity index (χ1v) is 40.3. The Bertz CT molecular complexity index is 1780. The van der Waals surface area contributed by atoms with Gasteiger partial charge in [0.25, 0.3) is 0 Å². The molecule has 0 heterocycles. The molecule has 0 aliphatic carbocycles. The van der Waals surface area contributed by atoms with Crippen LogP contribution >= 0.6 is 15.6 Å². The Balaban J connectivity index is 5.15. The summed E-state index contributed by atoms with van der Waals surface area (Å²) in [5, 5.41) is 10.6. The molecule has 0 aromatic heterocycles.